The van der Waals surface area contributed by atoms with Gasteiger partial charge in [0.1, 0.15) is 11.6 Å². The molecule has 1 N–H and O–H groups in total. The molecule has 0 saturated carbocycles. The van der Waals surface area contributed by atoms with E-state index in [-0.39, 0.29) is 23.3 Å². The van der Waals surface area contributed by atoms with E-state index in [9.17, 15) is 18.3 Å². The van der Waals surface area contributed by atoms with E-state index in [1.54, 1.807) is 6.07 Å². The van der Waals surface area contributed by atoms with Gasteiger partial charge in [-0.05, 0) is 17.7 Å². The molecule has 0 aromatic heterocycles. The van der Waals surface area contributed by atoms with Crippen LogP contribution in [0.3, 0.4) is 0 Å². The Bertz CT molecular complexity index is 614. The molecule has 5 heteroatoms. The van der Waals surface area contributed by atoms with Crippen molar-refractivity contribution in [3.63, 3.8) is 0 Å². The van der Waals surface area contributed by atoms with Gasteiger partial charge in [-0.1, -0.05) is 18.2 Å². The van der Waals surface area contributed by atoms with E-state index in [0.29, 0.717) is 6.07 Å². The Kier molecular flexibility index (Phi) is 4.29. The van der Waals surface area contributed by atoms with E-state index in [0.717, 1.165) is 12.1 Å². The van der Waals surface area contributed by atoms with Crippen molar-refractivity contribution in [3.8, 4) is 5.75 Å². The summed E-state index contributed by atoms with van der Waals surface area (Å²) in [5.41, 5.74) is 0.120. The van der Waals surface area contributed by atoms with Gasteiger partial charge < -0.3 is 9.84 Å². The van der Waals surface area contributed by atoms with E-state index in [4.69, 9.17) is 4.74 Å². The van der Waals surface area contributed by atoms with Crippen molar-refractivity contribution in [3.05, 3.63) is 65.0 Å². The van der Waals surface area contributed by atoms with E-state index >= 15 is 0 Å². The molecule has 2 rings (SSSR count). The van der Waals surface area contributed by atoms with Crippen LogP contribution in [0.15, 0.2) is 36.4 Å². The second-order valence-corrected chi connectivity index (χ2v) is 4.32. The van der Waals surface area contributed by atoms with Gasteiger partial charge in [0.15, 0.2) is 11.6 Å². The first kappa shape index (κ1) is 14.4. The number of ether oxygens (including phenoxy) is 1. The summed E-state index contributed by atoms with van der Waals surface area (Å²) in [6, 6.07) is 7.37. The highest BCUT2D eigenvalue weighted by molar-refractivity contribution is 5.32. The topological polar surface area (TPSA) is 29.5 Å². The Morgan fingerprint density at radius 2 is 1.90 bits per heavy atom. The molecular weight excluding hydrogens is 269 g/mol. The molecule has 0 radical (unpaired) electrons. The lowest BCUT2D eigenvalue weighted by atomic mass is 10.0. The highest BCUT2D eigenvalue weighted by Crippen LogP contribution is 2.26. The number of methoxy groups -OCH3 is 1. The van der Waals surface area contributed by atoms with Crippen molar-refractivity contribution in [2.24, 2.45) is 0 Å². The number of hydrogen-bond acceptors (Lipinski definition) is 2. The smallest absolute Gasteiger partial charge is 0.168 e. The zero-order valence-electron chi connectivity index (χ0n) is 10.7. The molecule has 0 aliphatic rings. The van der Waals surface area contributed by atoms with Crippen molar-refractivity contribution in [1.82, 2.24) is 0 Å². The summed E-state index contributed by atoms with van der Waals surface area (Å²) in [5.74, 6) is -2.14. The van der Waals surface area contributed by atoms with Crippen LogP contribution in [0, 0.1) is 17.5 Å². The monoisotopic (exact) mass is 282 g/mol. The standard InChI is InChI=1S/C15H13F3O2/c1-20-14-4-2-3-9(15(14)18)7-13(19)11-6-5-10(16)8-12(11)17/h2-6,8,13,19H,7H2,1H3. The lowest BCUT2D eigenvalue weighted by Gasteiger charge is -2.13. The van der Waals surface area contributed by atoms with Crippen LogP contribution in [-0.2, 0) is 6.42 Å². The summed E-state index contributed by atoms with van der Waals surface area (Å²) < 4.78 is 45.1. The van der Waals surface area contributed by atoms with Crippen LogP contribution in [-0.4, -0.2) is 12.2 Å². The van der Waals surface area contributed by atoms with Crippen LogP contribution >= 0.6 is 0 Å². The Labute approximate surface area is 114 Å². The van der Waals surface area contributed by atoms with Gasteiger partial charge in [0.05, 0.1) is 13.2 Å². The van der Waals surface area contributed by atoms with E-state index < -0.39 is 23.6 Å². The summed E-state index contributed by atoms with van der Waals surface area (Å²) >= 11 is 0. The normalized spacial score (nSPS) is 12.2. The Hall–Kier alpha value is -2.01. The van der Waals surface area contributed by atoms with Gasteiger partial charge in [-0.3, -0.25) is 0 Å². The van der Waals surface area contributed by atoms with E-state index in [1.165, 1.54) is 19.2 Å². The minimum absolute atomic E-state index is 0.0503. The number of aliphatic hydroxyl groups is 1. The molecule has 2 aromatic rings. The molecule has 0 saturated heterocycles. The quantitative estimate of drug-likeness (QED) is 0.931. The van der Waals surface area contributed by atoms with Crippen molar-refractivity contribution in [2.45, 2.75) is 12.5 Å². The Morgan fingerprint density at radius 3 is 2.55 bits per heavy atom. The van der Waals surface area contributed by atoms with Crippen LogP contribution in [0.4, 0.5) is 13.2 Å². The summed E-state index contributed by atoms with van der Waals surface area (Å²) in [6.07, 6.45) is -1.40. The van der Waals surface area contributed by atoms with Crippen molar-refractivity contribution >= 4 is 0 Å². The van der Waals surface area contributed by atoms with Gasteiger partial charge in [0, 0.05) is 18.1 Å². The van der Waals surface area contributed by atoms with Crippen LogP contribution in [0.25, 0.3) is 0 Å². The third-order valence-corrected chi connectivity index (χ3v) is 3.00. The highest BCUT2D eigenvalue weighted by atomic mass is 19.1. The fraction of sp³-hybridized carbons (Fsp3) is 0.200. The number of rotatable bonds is 4. The van der Waals surface area contributed by atoms with Gasteiger partial charge in [0.25, 0.3) is 0 Å². The molecule has 0 spiro atoms. The van der Waals surface area contributed by atoms with E-state index in [1.807, 2.05) is 0 Å². The third-order valence-electron chi connectivity index (χ3n) is 3.00. The van der Waals surface area contributed by atoms with Crippen molar-refractivity contribution in [2.75, 3.05) is 7.11 Å². The predicted molar refractivity (Wildman–Crippen MR) is 68.0 cm³/mol. The van der Waals surface area contributed by atoms with Crippen LogP contribution < -0.4 is 4.74 Å². The number of benzene rings is 2. The average Bonchev–Trinajstić information content (AvgIpc) is 2.41. The molecule has 2 nitrogen and oxygen atoms in total. The molecule has 106 valence electrons. The van der Waals surface area contributed by atoms with Crippen molar-refractivity contribution < 1.29 is 23.0 Å². The highest BCUT2D eigenvalue weighted by Gasteiger charge is 2.17. The maximum atomic E-state index is 13.9. The molecule has 20 heavy (non-hydrogen) atoms. The summed E-state index contributed by atoms with van der Waals surface area (Å²) in [7, 11) is 1.33. The summed E-state index contributed by atoms with van der Waals surface area (Å²) in [6.45, 7) is 0. The summed E-state index contributed by atoms with van der Waals surface area (Å²) in [5, 5.41) is 9.96. The first-order valence-electron chi connectivity index (χ1n) is 5.97. The number of halogens is 3. The van der Waals surface area contributed by atoms with Gasteiger partial charge in [-0.2, -0.15) is 0 Å². The van der Waals surface area contributed by atoms with Gasteiger partial charge >= 0.3 is 0 Å². The van der Waals surface area contributed by atoms with E-state index in [2.05, 4.69) is 0 Å². The fourth-order valence-electron chi connectivity index (χ4n) is 1.96. The lowest BCUT2D eigenvalue weighted by Crippen LogP contribution is -2.06. The minimum atomic E-state index is -1.27. The fourth-order valence-corrected chi connectivity index (χ4v) is 1.96. The minimum Gasteiger partial charge on any atom is -0.494 e. The lowest BCUT2D eigenvalue weighted by molar-refractivity contribution is 0.172. The molecular formula is C15H13F3O2. The number of hydrogen-bond donors (Lipinski definition) is 1. The zero-order valence-corrected chi connectivity index (χ0v) is 10.7. The molecule has 0 amide bonds. The molecule has 0 bridgehead atoms. The first-order chi connectivity index (χ1) is 9.52. The van der Waals surface area contributed by atoms with Gasteiger partial charge in [-0.15, -0.1) is 0 Å². The maximum absolute atomic E-state index is 13.9. The first-order valence-corrected chi connectivity index (χ1v) is 5.97. The molecule has 0 aliphatic heterocycles. The van der Waals surface area contributed by atoms with Crippen molar-refractivity contribution in [1.29, 1.82) is 0 Å². The Morgan fingerprint density at radius 1 is 1.15 bits per heavy atom. The van der Waals surface area contributed by atoms with Crippen LogP contribution in [0.5, 0.6) is 5.75 Å². The van der Waals surface area contributed by atoms with Gasteiger partial charge in [-0.25, -0.2) is 13.2 Å². The third kappa shape index (κ3) is 2.93. The second-order valence-electron chi connectivity index (χ2n) is 4.32. The maximum Gasteiger partial charge on any atom is 0.168 e. The summed E-state index contributed by atoms with van der Waals surface area (Å²) in [4.78, 5) is 0. The number of aliphatic hydroxyl groups excluding tert-OH is 1. The van der Waals surface area contributed by atoms with Gasteiger partial charge in [0.2, 0.25) is 0 Å². The second kappa shape index (κ2) is 5.96. The predicted octanol–water partition coefficient (Wildman–Crippen LogP) is 3.39. The molecule has 1 atom stereocenters. The molecule has 2 aromatic carbocycles. The van der Waals surface area contributed by atoms with Crippen LogP contribution in [0.2, 0.25) is 0 Å². The zero-order chi connectivity index (χ0) is 14.7. The SMILES string of the molecule is COc1cccc(CC(O)c2ccc(F)cc2F)c1F. The molecule has 0 fully saturated rings. The van der Waals surface area contributed by atoms with Crippen LogP contribution in [0.1, 0.15) is 17.2 Å². The molecule has 0 heterocycles. The Balaban J connectivity index is 2.25. The molecule has 1 unspecified atom stereocenters. The largest absolute Gasteiger partial charge is 0.494 e. The average molecular weight is 282 g/mol. The molecule has 0 aliphatic carbocycles.